The summed E-state index contributed by atoms with van der Waals surface area (Å²) in [5.74, 6) is -5.53. The summed E-state index contributed by atoms with van der Waals surface area (Å²) in [5, 5.41) is 18.0. The van der Waals surface area contributed by atoms with E-state index in [0.717, 1.165) is 29.0 Å². The number of carboxylic acid groups (broad SMARTS) is 1. The van der Waals surface area contributed by atoms with Crippen LogP contribution in [0.5, 0.6) is 5.75 Å². The minimum Gasteiger partial charge on any atom is -0.508 e. The van der Waals surface area contributed by atoms with Gasteiger partial charge in [-0.1, -0.05) is 0 Å². The summed E-state index contributed by atoms with van der Waals surface area (Å²) in [6.07, 6.45) is 0.819. The zero-order valence-electron chi connectivity index (χ0n) is 11.8. The Morgan fingerprint density at radius 2 is 1.67 bits per heavy atom. The fraction of sp³-hybridized carbons (Fsp3) is 0. The summed E-state index contributed by atoms with van der Waals surface area (Å²) < 4.78 is 42.0. The standard InChI is InChI=1S/C16H8F3NO4/c17-10-4-8-14(5-11(10)18)20(6-9(15(8)22)16(23)24)13-2-1-7(21)3-12(13)19/h1-6,21H,(H,23,24). The molecule has 24 heavy (non-hydrogen) atoms. The minimum atomic E-state index is -1.60. The molecule has 1 aromatic heterocycles. The second-order valence-corrected chi connectivity index (χ2v) is 4.97. The number of rotatable bonds is 2. The number of carbonyl (C=O) groups is 1. The lowest BCUT2D eigenvalue weighted by atomic mass is 10.1. The van der Waals surface area contributed by atoms with Gasteiger partial charge in [0.15, 0.2) is 17.5 Å². The van der Waals surface area contributed by atoms with Crippen molar-refractivity contribution in [1.82, 2.24) is 4.57 Å². The Kier molecular flexibility index (Phi) is 3.52. The van der Waals surface area contributed by atoms with E-state index in [-0.39, 0.29) is 17.0 Å². The molecule has 0 aliphatic carbocycles. The number of hydrogen-bond acceptors (Lipinski definition) is 3. The van der Waals surface area contributed by atoms with Gasteiger partial charge in [-0.3, -0.25) is 4.79 Å². The van der Waals surface area contributed by atoms with Crippen molar-refractivity contribution in [2.45, 2.75) is 0 Å². The molecular weight excluding hydrogens is 327 g/mol. The van der Waals surface area contributed by atoms with Gasteiger partial charge in [-0.15, -0.1) is 0 Å². The average molecular weight is 335 g/mol. The molecule has 0 aliphatic heterocycles. The van der Waals surface area contributed by atoms with E-state index in [1.807, 2.05) is 0 Å². The molecule has 122 valence electrons. The molecule has 8 heteroatoms. The van der Waals surface area contributed by atoms with Crippen LogP contribution in [0.4, 0.5) is 13.2 Å². The normalized spacial score (nSPS) is 11.0. The smallest absolute Gasteiger partial charge is 0.341 e. The first-order chi connectivity index (χ1) is 11.3. The van der Waals surface area contributed by atoms with Gasteiger partial charge in [-0.05, 0) is 18.2 Å². The summed E-state index contributed by atoms with van der Waals surface area (Å²) in [6, 6.07) is 4.24. The van der Waals surface area contributed by atoms with E-state index < -0.39 is 39.8 Å². The first kappa shape index (κ1) is 15.6. The van der Waals surface area contributed by atoms with Crippen molar-refractivity contribution >= 4 is 16.9 Å². The number of phenols is 1. The van der Waals surface area contributed by atoms with E-state index >= 15 is 0 Å². The molecule has 2 aromatic carbocycles. The number of halogens is 3. The van der Waals surface area contributed by atoms with E-state index in [1.54, 1.807) is 0 Å². The highest BCUT2D eigenvalue weighted by Crippen LogP contribution is 2.24. The number of carboxylic acids is 1. The van der Waals surface area contributed by atoms with Crippen molar-refractivity contribution in [3.05, 3.63) is 69.8 Å². The van der Waals surface area contributed by atoms with Gasteiger partial charge in [0.05, 0.1) is 16.6 Å². The van der Waals surface area contributed by atoms with Crippen LogP contribution in [0.3, 0.4) is 0 Å². The average Bonchev–Trinajstić information content (AvgIpc) is 2.50. The van der Waals surface area contributed by atoms with Crippen molar-refractivity contribution in [1.29, 1.82) is 0 Å². The summed E-state index contributed by atoms with van der Waals surface area (Å²) in [7, 11) is 0. The molecular formula is C16H8F3NO4. The Morgan fingerprint density at radius 1 is 1.00 bits per heavy atom. The molecule has 2 N–H and O–H groups in total. The molecule has 3 aromatic rings. The highest BCUT2D eigenvalue weighted by atomic mass is 19.2. The predicted molar refractivity (Wildman–Crippen MR) is 78.0 cm³/mol. The zero-order chi connectivity index (χ0) is 17.6. The van der Waals surface area contributed by atoms with Gasteiger partial charge in [0.2, 0.25) is 5.43 Å². The molecule has 0 atom stereocenters. The van der Waals surface area contributed by atoms with Crippen molar-refractivity contribution < 1.29 is 28.2 Å². The maximum Gasteiger partial charge on any atom is 0.341 e. The van der Waals surface area contributed by atoms with Crippen LogP contribution in [0.1, 0.15) is 10.4 Å². The number of nitrogens with zero attached hydrogens (tertiary/aromatic N) is 1. The molecule has 0 amide bonds. The molecule has 0 saturated carbocycles. The summed E-state index contributed by atoms with van der Waals surface area (Å²) in [5.41, 5.74) is -2.22. The van der Waals surface area contributed by atoms with E-state index in [4.69, 9.17) is 5.11 Å². The van der Waals surface area contributed by atoms with Crippen LogP contribution >= 0.6 is 0 Å². The molecule has 0 aliphatic rings. The lowest BCUT2D eigenvalue weighted by molar-refractivity contribution is 0.0695. The van der Waals surface area contributed by atoms with Gasteiger partial charge >= 0.3 is 5.97 Å². The first-order valence-corrected chi connectivity index (χ1v) is 6.56. The molecule has 0 spiro atoms. The topological polar surface area (TPSA) is 79.5 Å². The van der Waals surface area contributed by atoms with Crippen LogP contribution < -0.4 is 5.43 Å². The Balaban J connectivity index is 2.50. The number of aromatic hydroxyl groups is 1. The van der Waals surface area contributed by atoms with Crippen LogP contribution in [-0.2, 0) is 0 Å². The molecule has 0 saturated heterocycles. The fourth-order valence-electron chi connectivity index (χ4n) is 2.36. The van der Waals surface area contributed by atoms with E-state index in [0.29, 0.717) is 12.1 Å². The monoisotopic (exact) mass is 335 g/mol. The molecule has 0 fully saturated rings. The van der Waals surface area contributed by atoms with Crippen LogP contribution in [0.25, 0.3) is 16.6 Å². The third-order valence-electron chi connectivity index (χ3n) is 3.47. The lowest BCUT2D eigenvalue weighted by Crippen LogP contribution is -2.19. The third kappa shape index (κ3) is 2.37. The second-order valence-electron chi connectivity index (χ2n) is 4.97. The molecule has 1 heterocycles. The van der Waals surface area contributed by atoms with Crippen LogP contribution in [0.2, 0.25) is 0 Å². The van der Waals surface area contributed by atoms with E-state index in [9.17, 15) is 27.9 Å². The number of fused-ring (bicyclic) bond motifs is 1. The Bertz CT molecular complexity index is 1060. The van der Waals surface area contributed by atoms with Crippen molar-refractivity contribution in [2.24, 2.45) is 0 Å². The quantitative estimate of drug-likeness (QED) is 0.755. The highest BCUT2D eigenvalue weighted by Gasteiger charge is 2.19. The second kappa shape index (κ2) is 5.41. The number of pyridine rings is 1. The molecule has 3 rings (SSSR count). The SMILES string of the molecule is O=C(O)c1cn(-c2ccc(O)cc2F)c2cc(F)c(F)cc2c1=O. The number of hydrogen-bond donors (Lipinski definition) is 2. The predicted octanol–water partition coefficient (Wildman–Crippen LogP) is 2.81. The largest absolute Gasteiger partial charge is 0.508 e. The van der Waals surface area contributed by atoms with Gasteiger partial charge in [0.1, 0.15) is 11.3 Å². The van der Waals surface area contributed by atoms with Crippen molar-refractivity contribution in [3.8, 4) is 11.4 Å². The lowest BCUT2D eigenvalue weighted by Gasteiger charge is -2.13. The summed E-state index contributed by atoms with van der Waals surface area (Å²) in [6.45, 7) is 0. The Morgan fingerprint density at radius 3 is 2.29 bits per heavy atom. The maximum atomic E-state index is 14.1. The first-order valence-electron chi connectivity index (χ1n) is 6.56. The zero-order valence-corrected chi connectivity index (χ0v) is 11.8. The third-order valence-corrected chi connectivity index (χ3v) is 3.47. The van der Waals surface area contributed by atoms with Crippen LogP contribution in [0.15, 0.2) is 41.3 Å². The maximum absolute atomic E-state index is 14.1. The van der Waals surface area contributed by atoms with Crippen molar-refractivity contribution in [3.63, 3.8) is 0 Å². The van der Waals surface area contributed by atoms with Crippen LogP contribution in [0, 0.1) is 17.5 Å². The van der Waals surface area contributed by atoms with E-state index in [2.05, 4.69) is 0 Å². The number of benzene rings is 2. The number of phenolic OH excluding ortho intramolecular Hbond substituents is 1. The van der Waals surface area contributed by atoms with Gasteiger partial charge in [-0.2, -0.15) is 0 Å². The van der Waals surface area contributed by atoms with E-state index in [1.165, 1.54) is 0 Å². The van der Waals surface area contributed by atoms with Gasteiger partial charge < -0.3 is 14.8 Å². The molecule has 0 radical (unpaired) electrons. The molecule has 5 nitrogen and oxygen atoms in total. The Hall–Kier alpha value is -3.29. The minimum absolute atomic E-state index is 0.214. The highest BCUT2D eigenvalue weighted by molar-refractivity contribution is 5.93. The number of aromatic nitrogens is 1. The van der Waals surface area contributed by atoms with Crippen molar-refractivity contribution in [2.75, 3.05) is 0 Å². The molecule has 0 unspecified atom stereocenters. The summed E-state index contributed by atoms with van der Waals surface area (Å²) >= 11 is 0. The van der Waals surface area contributed by atoms with Gasteiger partial charge in [-0.25, -0.2) is 18.0 Å². The fourth-order valence-corrected chi connectivity index (χ4v) is 2.36. The van der Waals surface area contributed by atoms with Crippen LogP contribution in [-0.4, -0.2) is 20.7 Å². The summed E-state index contributed by atoms with van der Waals surface area (Å²) in [4.78, 5) is 23.4. The van der Waals surface area contributed by atoms with Gasteiger partial charge in [0, 0.05) is 18.3 Å². The number of aromatic carboxylic acids is 1. The molecule has 0 bridgehead atoms. The van der Waals surface area contributed by atoms with Gasteiger partial charge in [0.25, 0.3) is 0 Å². The Labute approximate surface area is 131 Å².